The molecule has 0 aliphatic carbocycles. The minimum Gasteiger partial charge on any atom is -0.492 e. The van der Waals surface area contributed by atoms with E-state index in [2.05, 4.69) is 5.10 Å². The van der Waals surface area contributed by atoms with Gasteiger partial charge in [0.2, 0.25) is 0 Å². The van der Waals surface area contributed by atoms with Gasteiger partial charge in [0, 0.05) is 12.1 Å². The van der Waals surface area contributed by atoms with Crippen LogP contribution < -0.4 is 4.74 Å². The molecular weight excluding hydrogens is 391 g/mol. The highest BCUT2D eigenvalue weighted by Crippen LogP contribution is 2.35. The van der Waals surface area contributed by atoms with Crippen molar-refractivity contribution in [2.24, 2.45) is 0 Å². The minimum absolute atomic E-state index is 0.292. The zero-order chi connectivity index (χ0) is 20.3. The van der Waals surface area contributed by atoms with Crippen LogP contribution in [0.4, 0.5) is 13.2 Å². The Kier molecular flexibility index (Phi) is 5.96. The molecule has 0 aliphatic heterocycles. The maximum Gasteiger partial charge on any atom is 0.435 e. The van der Waals surface area contributed by atoms with E-state index in [1.54, 1.807) is 48.5 Å². The molecule has 3 rings (SSSR count). The minimum atomic E-state index is -4.56. The molecular formula is C20H19ClF3N3O. The molecule has 0 radical (unpaired) electrons. The molecule has 8 heteroatoms. The predicted molar refractivity (Wildman–Crippen MR) is 103 cm³/mol. The third-order valence-electron chi connectivity index (χ3n) is 4.04. The van der Waals surface area contributed by atoms with Crippen LogP contribution >= 0.6 is 11.6 Å². The molecule has 4 nitrogen and oxygen atoms in total. The lowest BCUT2D eigenvalue weighted by atomic mass is 10.1. The summed E-state index contributed by atoms with van der Waals surface area (Å²) in [5, 5.41) is 4.06. The van der Waals surface area contributed by atoms with Crippen molar-refractivity contribution < 1.29 is 17.9 Å². The first-order valence-electron chi connectivity index (χ1n) is 8.56. The molecule has 0 fully saturated rings. The molecule has 1 heterocycles. The number of alkyl halides is 3. The second-order valence-electron chi connectivity index (χ2n) is 6.45. The quantitative estimate of drug-likeness (QED) is 0.564. The van der Waals surface area contributed by atoms with Crippen molar-refractivity contribution in [1.82, 2.24) is 14.7 Å². The van der Waals surface area contributed by atoms with E-state index in [4.69, 9.17) is 16.3 Å². The van der Waals surface area contributed by atoms with E-state index in [0.29, 0.717) is 34.3 Å². The first-order valence-corrected chi connectivity index (χ1v) is 8.93. The van der Waals surface area contributed by atoms with Crippen molar-refractivity contribution in [2.45, 2.75) is 6.18 Å². The Morgan fingerprint density at radius 2 is 1.75 bits per heavy atom. The van der Waals surface area contributed by atoms with E-state index in [9.17, 15) is 13.2 Å². The molecule has 0 aliphatic rings. The van der Waals surface area contributed by atoms with Crippen LogP contribution in [0.2, 0.25) is 5.02 Å². The average molecular weight is 410 g/mol. The van der Waals surface area contributed by atoms with Crippen molar-refractivity contribution in [2.75, 3.05) is 27.2 Å². The van der Waals surface area contributed by atoms with Gasteiger partial charge in [-0.2, -0.15) is 18.3 Å². The van der Waals surface area contributed by atoms with E-state index in [1.807, 2.05) is 19.0 Å². The van der Waals surface area contributed by atoms with E-state index in [1.165, 1.54) is 4.68 Å². The summed E-state index contributed by atoms with van der Waals surface area (Å²) >= 11 is 6.18. The second kappa shape index (κ2) is 8.24. The molecule has 0 amide bonds. The Bertz CT molecular complexity index is 937. The summed E-state index contributed by atoms with van der Waals surface area (Å²) in [6.07, 6.45) is -4.56. The molecule has 0 saturated heterocycles. The van der Waals surface area contributed by atoms with Crippen LogP contribution in [0.5, 0.6) is 5.75 Å². The number of para-hydroxylation sites is 1. The molecule has 0 unspecified atom stereocenters. The Morgan fingerprint density at radius 3 is 2.36 bits per heavy atom. The number of nitrogens with zero attached hydrogens (tertiary/aromatic N) is 3. The third kappa shape index (κ3) is 4.66. The molecule has 3 aromatic rings. The van der Waals surface area contributed by atoms with Gasteiger partial charge < -0.3 is 9.64 Å². The Hall–Kier alpha value is -2.51. The largest absolute Gasteiger partial charge is 0.492 e. The van der Waals surface area contributed by atoms with E-state index in [-0.39, 0.29) is 0 Å². The summed E-state index contributed by atoms with van der Waals surface area (Å²) in [6, 6.07) is 14.5. The lowest BCUT2D eigenvalue weighted by Crippen LogP contribution is -2.19. The molecule has 148 valence electrons. The fourth-order valence-corrected chi connectivity index (χ4v) is 2.82. The monoisotopic (exact) mass is 409 g/mol. The van der Waals surface area contributed by atoms with Crippen molar-refractivity contribution >= 4 is 11.6 Å². The number of hydrogen-bond acceptors (Lipinski definition) is 3. The highest BCUT2D eigenvalue weighted by Gasteiger charge is 2.35. The number of benzene rings is 2. The van der Waals surface area contributed by atoms with Gasteiger partial charge in [0.25, 0.3) is 0 Å². The molecule has 0 saturated carbocycles. The molecule has 2 aromatic carbocycles. The second-order valence-corrected chi connectivity index (χ2v) is 6.86. The van der Waals surface area contributed by atoms with Crippen LogP contribution in [0.15, 0.2) is 54.6 Å². The van der Waals surface area contributed by atoms with Gasteiger partial charge in [-0.25, -0.2) is 4.68 Å². The maximum atomic E-state index is 13.2. The van der Waals surface area contributed by atoms with Crippen molar-refractivity contribution in [3.63, 3.8) is 0 Å². The number of halogens is 4. The van der Waals surface area contributed by atoms with Gasteiger partial charge in [-0.05, 0) is 56.6 Å². The predicted octanol–water partition coefficient (Wildman–Crippen LogP) is 5.15. The maximum absolute atomic E-state index is 13.2. The molecule has 0 bridgehead atoms. The number of ether oxygens (including phenoxy) is 1. The lowest BCUT2D eigenvalue weighted by molar-refractivity contribution is -0.141. The van der Waals surface area contributed by atoms with Crippen LogP contribution in [-0.2, 0) is 6.18 Å². The lowest BCUT2D eigenvalue weighted by Gasteiger charge is -2.12. The fourth-order valence-electron chi connectivity index (χ4n) is 2.60. The number of aromatic nitrogens is 2. The standard InChI is InChI=1S/C20H19ClF3N3O/c1-26(2)11-12-28-15-9-7-14(8-10-15)18-13-19(20(22,23)24)25-27(18)17-6-4-3-5-16(17)21/h3-10,13H,11-12H2,1-2H3. The molecule has 28 heavy (non-hydrogen) atoms. The summed E-state index contributed by atoms with van der Waals surface area (Å²) in [4.78, 5) is 2.00. The van der Waals surface area contributed by atoms with Gasteiger partial charge in [0.05, 0.1) is 16.4 Å². The van der Waals surface area contributed by atoms with Crippen LogP contribution in [0, 0.1) is 0 Å². The van der Waals surface area contributed by atoms with Gasteiger partial charge in [-0.1, -0.05) is 23.7 Å². The summed E-state index contributed by atoms with van der Waals surface area (Å²) in [6.45, 7) is 1.28. The molecule has 1 aromatic heterocycles. The third-order valence-corrected chi connectivity index (χ3v) is 4.36. The normalized spacial score (nSPS) is 11.8. The SMILES string of the molecule is CN(C)CCOc1ccc(-c2cc(C(F)(F)F)nn2-c2ccccc2Cl)cc1. The number of hydrogen-bond donors (Lipinski definition) is 0. The number of likely N-dealkylation sites (N-methyl/N-ethyl adjacent to an activating group) is 1. The smallest absolute Gasteiger partial charge is 0.435 e. The van der Waals surface area contributed by atoms with Crippen LogP contribution in [-0.4, -0.2) is 41.9 Å². The van der Waals surface area contributed by atoms with Crippen molar-refractivity contribution in [1.29, 1.82) is 0 Å². The van der Waals surface area contributed by atoms with Gasteiger partial charge in [-0.3, -0.25) is 0 Å². The Labute approximate surface area is 166 Å². The number of rotatable bonds is 6. The van der Waals surface area contributed by atoms with Crippen LogP contribution in [0.25, 0.3) is 16.9 Å². The topological polar surface area (TPSA) is 30.3 Å². The summed E-state index contributed by atoms with van der Waals surface area (Å²) in [7, 11) is 3.89. The van der Waals surface area contributed by atoms with Crippen LogP contribution in [0.3, 0.4) is 0 Å². The fraction of sp³-hybridized carbons (Fsp3) is 0.250. The highest BCUT2D eigenvalue weighted by atomic mass is 35.5. The molecule has 0 N–H and O–H groups in total. The first kappa shape index (κ1) is 20.2. The Balaban J connectivity index is 1.96. The molecule has 0 spiro atoms. The summed E-state index contributed by atoms with van der Waals surface area (Å²) in [5.41, 5.74) is 0.262. The molecule has 0 atom stereocenters. The highest BCUT2D eigenvalue weighted by molar-refractivity contribution is 6.32. The van der Waals surface area contributed by atoms with Crippen molar-refractivity contribution in [3.05, 3.63) is 65.3 Å². The van der Waals surface area contributed by atoms with Gasteiger partial charge in [0.15, 0.2) is 5.69 Å². The van der Waals surface area contributed by atoms with Gasteiger partial charge in [-0.15, -0.1) is 0 Å². The van der Waals surface area contributed by atoms with E-state index >= 15 is 0 Å². The van der Waals surface area contributed by atoms with Gasteiger partial charge in [0.1, 0.15) is 12.4 Å². The van der Waals surface area contributed by atoms with E-state index < -0.39 is 11.9 Å². The van der Waals surface area contributed by atoms with Gasteiger partial charge >= 0.3 is 6.18 Å². The van der Waals surface area contributed by atoms with E-state index in [0.717, 1.165) is 12.6 Å². The first-order chi connectivity index (χ1) is 13.3. The van der Waals surface area contributed by atoms with Crippen molar-refractivity contribution in [3.8, 4) is 22.7 Å². The van der Waals surface area contributed by atoms with Crippen LogP contribution in [0.1, 0.15) is 5.69 Å². The zero-order valence-corrected chi connectivity index (χ0v) is 16.1. The zero-order valence-electron chi connectivity index (χ0n) is 15.4. The average Bonchev–Trinajstić information content (AvgIpc) is 3.08. The Morgan fingerprint density at radius 1 is 1.07 bits per heavy atom. The summed E-state index contributed by atoms with van der Waals surface area (Å²) in [5.74, 6) is 0.644. The summed E-state index contributed by atoms with van der Waals surface area (Å²) < 4.78 is 46.6.